The number of ether oxygens (including phenoxy) is 2. The number of nitrogens with one attached hydrogen (secondary N) is 2. The van der Waals surface area contributed by atoms with E-state index in [4.69, 9.17) is 21.7 Å². The van der Waals surface area contributed by atoms with Gasteiger partial charge in [0.2, 0.25) is 5.91 Å². The van der Waals surface area contributed by atoms with Gasteiger partial charge in [-0.05, 0) is 54.2 Å². The van der Waals surface area contributed by atoms with Crippen molar-refractivity contribution < 1.29 is 14.3 Å². The van der Waals surface area contributed by atoms with Gasteiger partial charge in [0.15, 0.2) is 5.11 Å². The minimum atomic E-state index is -0.268. The van der Waals surface area contributed by atoms with E-state index in [-0.39, 0.29) is 24.6 Å². The van der Waals surface area contributed by atoms with Crippen molar-refractivity contribution >= 4 is 34.6 Å². The third-order valence-corrected chi connectivity index (χ3v) is 5.62. The molecule has 1 saturated heterocycles. The average Bonchev–Trinajstić information content (AvgIpc) is 3.37. The summed E-state index contributed by atoms with van der Waals surface area (Å²) in [5.41, 5.74) is 3.36. The molecule has 1 fully saturated rings. The van der Waals surface area contributed by atoms with Crippen LogP contribution in [0.1, 0.15) is 23.3 Å². The zero-order valence-corrected chi connectivity index (χ0v) is 18.9. The molecule has 1 aromatic carbocycles. The number of methoxy groups -OCH3 is 2. The lowest BCUT2D eigenvalue weighted by Gasteiger charge is -2.28. The normalized spacial score (nSPS) is 17.8. The standard InChI is InChI=1S/C23H25N5O3S/c1-27-11-9-15(13-27)22-21(17-6-4-5-10-24-17)26-23(32)28(22)16-7-8-19(31-3)18(12-16)25-20(29)14-30-2/h4-13,21-22H,14H2,1-3H3,(H,25,29)(H,26,32)/t21-,22+/m1/s1. The first-order chi connectivity index (χ1) is 15.5. The van der Waals surface area contributed by atoms with Crippen molar-refractivity contribution in [3.05, 3.63) is 72.3 Å². The Kier molecular flexibility index (Phi) is 6.38. The van der Waals surface area contributed by atoms with Gasteiger partial charge in [0.25, 0.3) is 0 Å². The smallest absolute Gasteiger partial charge is 0.250 e. The first kappa shape index (κ1) is 21.8. The van der Waals surface area contributed by atoms with Gasteiger partial charge in [0.05, 0.1) is 30.6 Å². The third-order valence-electron chi connectivity index (χ3n) is 5.31. The molecule has 2 aromatic heterocycles. The van der Waals surface area contributed by atoms with Gasteiger partial charge in [-0.2, -0.15) is 0 Å². The Labute approximate surface area is 192 Å². The first-order valence-electron chi connectivity index (χ1n) is 10.1. The van der Waals surface area contributed by atoms with Crippen molar-refractivity contribution in [1.29, 1.82) is 0 Å². The number of anilines is 2. The topological polar surface area (TPSA) is 80.7 Å². The molecule has 3 heterocycles. The number of hydrogen-bond acceptors (Lipinski definition) is 5. The zero-order chi connectivity index (χ0) is 22.7. The van der Waals surface area contributed by atoms with E-state index < -0.39 is 0 Å². The van der Waals surface area contributed by atoms with E-state index in [1.807, 2.05) is 54.2 Å². The fourth-order valence-electron chi connectivity index (χ4n) is 3.93. The Morgan fingerprint density at radius 2 is 2.09 bits per heavy atom. The molecule has 0 radical (unpaired) electrons. The summed E-state index contributed by atoms with van der Waals surface area (Å²) in [6.07, 6.45) is 5.87. The molecule has 0 saturated carbocycles. The molecule has 1 amide bonds. The van der Waals surface area contributed by atoms with Crippen LogP contribution in [0.4, 0.5) is 11.4 Å². The Bertz CT molecular complexity index is 1120. The molecule has 0 bridgehead atoms. The number of carbonyl (C=O) groups excluding carboxylic acids is 1. The second kappa shape index (κ2) is 9.37. The van der Waals surface area contributed by atoms with Crippen LogP contribution in [0.25, 0.3) is 0 Å². The van der Waals surface area contributed by atoms with Gasteiger partial charge in [0.1, 0.15) is 12.4 Å². The number of rotatable bonds is 7. The highest BCUT2D eigenvalue weighted by Gasteiger charge is 2.41. The minimum Gasteiger partial charge on any atom is -0.495 e. The number of amides is 1. The molecule has 4 rings (SSSR count). The van der Waals surface area contributed by atoms with Crippen LogP contribution in [0.15, 0.2) is 61.1 Å². The van der Waals surface area contributed by atoms with Crippen molar-refractivity contribution in [2.45, 2.75) is 12.1 Å². The number of aryl methyl sites for hydroxylation is 1. The number of carbonyl (C=O) groups is 1. The maximum atomic E-state index is 12.1. The predicted octanol–water partition coefficient (Wildman–Crippen LogP) is 3.19. The highest BCUT2D eigenvalue weighted by atomic mass is 32.1. The van der Waals surface area contributed by atoms with Gasteiger partial charge in [-0.1, -0.05) is 6.07 Å². The molecular weight excluding hydrogens is 426 g/mol. The lowest BCUT2D eigenvalue weighted by atomic mass is 9.98. The monoisotopic (exact) mass is 451 g/mol. The van der Waals surface area contributed by atoms with Crippen molar-refractivity contribution in [2.75, 3.05) is 31.0 Å². The first-order valence-corrected chi connectivity index (χ1v) is 10.5. The Morgan fingerprint density at radius 3 is 2.75 bits per heavy atom. The molecule has 0 unspecified atom stereocenters. The van der Waals surface area contributed by atoms with Crippen LogP contribution in [0.2, 0.25) is 0 Å². The van der Waals surface area contributed by atoms with Gasteiger partial charge >= 0.3 is 0 Å². The number of pyridine rings is 1. The molecule has 1 aliphatic rings. The summed E-state index contributed by atoms with van der Waals surface area (Å²) in [5, 5.41) is 6.86. The van der Waals surface area contributed by atoms with E-state index in [1.165, 1.54) is 7.11 Å². The molecule has 3 aromatic rings. The molecule has 1 aliphatic heterocycles. The molecule has 32 heavy (non-hydrogen) atoms. The number of thiocarbonyl (C=S) groups is 1. The van der Waals surface area contributed by atoms with Crippen molar-refractivity contribution in [2.24, 2.45) is 7.05 Å². The van der Waals surface area contributed by atoms with E-state index in [9.17, 15) is 4.79 Å². The van der Waals surface area contributed by atoms with Gasteiger partial charge in [-0.25, -0.2) is 0 Å². The molecular formula is C23H25N5O3S. The second-order valence-corrected chi connectivity index (χ2v) is 7.86. The van der Waals surface area contributed by atoms with Gasteiger partial charge in [-0.15, -0.1) is 0 Å². The summed E-state index contributed by atoms with van der Waals surface area (Å²) in [4.78, 5) is 18.8. The zero-order valence-electron chi connectivity index (χ0n) is 18.1. The Balaban J connectivity index is 1.77. The van der Waals surface area contributed by atoms with E-state index in [2.05, 4.69) is 32.8 Å². The average molecular weight is 452 g/mol. The van der Waals surface area contributed by atoms with Crippen LogP contribution in [0, 0.1) is 0 Å². The Morgan fingerprint density at radius 1 is 1.25 bits per heavy atom. The minimum absolute atomic E-state index is 0.0501. The SMILES string of the molecule is COCC(=O)Nc1cc(N2C(=S)N[C@H](c3ccccn3)[C@@H]2c2ccn(C)c2)ccc1OC. The fraction of sp³-hybridized carbons (Fsp3) is 0.261. The molecule has 0 spiro atoms. The van der Waals surface area contributed by atoms with Crippen LogP contribution in [-0.4, -0.2) is 41.4 Å². The van der Waals surface area contributed by atoms with Crippen LogP contribution < -0.4 is 20.3 Å². The van der Waals surface area contributed by atoms with E-state index in [1.54, 1.807) is 13.3 Å². The predicted molar refractivity (Wildman–Crippen MR) is 127 cm³/mol. The van der Waals surface area contributed by atoms with E-state index >= 15 is 0 Å². The van der Waals surface area contributed by atoms with E-state index in [0.29, 0.717) is 16.5 Å². The lowest BCUT2D eigenvalue weighted by molar-refractivity contribution is -0.119. The van der Waals surface area contributed by atoms with Gasteiger partial charge < -0.3 is 29.6 Å². The van der Waals surface area contributed by atoms with E-state index in [0.717, 1.165) is 16.9 Å². The molecule has 8 nitrogen and oxygen atoms in total. The second-order valence-electron chi connectivity index (χ2n) is 7.47. The molecule has 166 valence electrons. The third kappa shape index (κ3) is 4.30. The molecule has 0 aliphatic carbocycles. The van der Waals surface area contributed by atoms with Crippen LogP contribution in [-0.2, 0) is 16.6 Å². The highest BCUT2D eigenvalue weighted by Crippen LogP contribution is 2.43. The summed E-state index contributed by atoms with van der Waals surface area (Å²) in [6.45, 7) is -0.0501. The van der Waals surface area contributed by atoms with Crippen molar-refractivity contribution in [3.63, 3.8) is 0 Å². The van der Waals surface area contributed by atoms with Crippen molar-refractivity contribution in [1.82, 2.24) is 14.9 Å². The fourth-order valence-corrected chi connectivity index (χ4v) is 4.28. The largest absolute Gasteiger partial charge is 0.495 e. The molecule has 2 atom stereocenters. The lowest BCUT2D eigenvalue weighted by Crippen LogP contribution is -2.29. The van der Waals surface area contributed by atoms with Crippen LogP contribution in [0.3, 0.4) is 0 Å². The summed E-state index contributed by atoms with van der Waals surface area (Å²) >= 11 is 5.76. The molecule has 9 heteroatoms. The van der Waals surface area contributed by atoms with Crippen molar-refractivity contribution in [3.8, 4) is 5.75 Å². The van der Waals surface area contributed by atoms with Crippen LogP contribution >= 0.6 is 12.2 Å². The summed E-state index contributed by atoms with van der Waals surface area (Å²) < 4.78 is 12.4. The van der Waals surface area contributed by atoms with Gasteiger partial charge in [-0.3, -0.25) is 9.78 Å². The number of benzene rings is 1. The number of aromatic nitrogens is 2. The summed E-state index contributed by atoms with van der Waals surface area (Å²) in [7, 11) is 5.03. The number of nitrogens with zero attached hydrogens (tertiary/aromatic N) is 3. The maximum absolute atomic E-state index is 12.1. The maximum Gasteiger partial charge on any atom is 0.250 e. The molecule has 2 N–H and O–H groups in total. The number of hydrogen-bond donors (Lipinski definition) is 2. The summed E-state index contributed by atoms with van der Waals surface area (Å²) in [5.74, 6) is 0.282. The van der Waals surface area contributed by atoms with Gasteiger partial charge in [0, 0.05) is 38.4 Å². The summed E-state index contributed by atoms with van der Waals surface area (Å²) in [6, 6.07) is 13.3. The Hall–Kier alpha value is -3.43. The highest BCUT2D eigenvalue weighted by molar-refractivity contribution is 7.80. The van der Waals surface area contributed by atoms with Crippen LogP contribution in [0.5, 0.6) is 5.75 Å². The quantitative estimate of drug-likeness (QED) is 0.534.